The van der Waals surface area contributed by atoms with E-state index in [2.05, 4.69) is 6.92 Å². The van der Waals surface area contributed by atoms with Crippen LogP contribution in [-0.2, 0) is 4.74 Å². The van der Waals surface area contributed by atoms with Crippen molar-refractivity contribution >= 4 is 16.9 Å². The minimum absolute atomic E-state index is 0.0546. The van der Waals surface area contributed by atoms with Crippen LogP contribution < -0.4 is 0 Å². The summed E-state index contributed by atoms with van der Waals surface area (Å²) in [6.45, 7) is 4.84. The van der Waals surface area contributed by atoms with E-state index in [1.54, 1.807) is 18.4 Å². The number of rotatable bonds is 11. The van der Waals surface area contributed by atoms with Crippen LogP contribution in [-0.4, -0.2) is 23.1 Å². The Hall–Kier alpha value is -1.00. The molecule has 130 valence electrons. The van der Waals surface area contributed by atoms with E-state index in [1.165, 1.54) is 38.5 Å². The van der Waals surface area contributed by atoms with E-state index in [1.807, 2.05) is 13.0 Å². The average Bonchev–Trinajstić information content (AvgIpc) is 2.56. The topological polar surface area (TPSA) is 46.5 Å². The lowest BCUT2D eigenvalue weighted by atomic mass is 10.1. The molecule has 0 heterocycles. The molecule has 1 aromatic rings. The third-order valence-corrected chi connectivity index (χ3v) is 4.62. The first-order chi connectivity index (χ1) is 11.1. The summed E-state index contributed by atoms with van der Waals surface area (Å²) in [5.74, 6) is 0.0546. The number of thioether (sulfide) groups is 1. The van der Waals surface area contributed by atoms with Crippen molar-refractivity contribution in [1.82, 2.24) is 0 Å². The van der Waals surface area contributed by atoms with Gasteiger partial charge in [-0.15, -0.1) is 0 Å². The number of para-hydroxylation sites is 1. The minimum Gasteiger partial charge on any atom is -0.507 e. The second kappa shape index (κ2) is 11.5. The second-order valence-electron chi connectivity index (χ2n) is 5.87. The fourth-order valence-corrected chi connectivity index (χ4v) is 2.96. The lowest BCUT2D eigenvalue weighted by Crippen LogP contribution is -2.04. The van der Waals surface area contributed by atoms with Gasteiger partial charge in [-0.3, -0.25) is 4.79 Å². The Morgan fingerprint density at radius 2 is 1.83 bits per heavy atom. The third kappa shape index (κ3) is 6.96. The van der Waals surface area contributed by atoms with Gasteiger partial charge in [-0.2, -0.15) is 0 Å². The van der Waals surface area contributed by atoms with E-state index in [4.69, 9.17) is 4.74 Å². The van der Waals surface area contributed by atoms with Crippen LogP contribution in [0.2, 0.25) is 0 Å². The van der Waals surface area contributed by atoms with Crippen LogP contribution in [0.15, 0.2) is 18.2 Å². The van der Waals surface area contributed by atoms with Gasteiger partial charge in [-0.25, -0.2) is 0 Å². The molecule has 0 saturated carbocycles. The Kier molecular flexibility index (Phi) is 10.0. The zero-order valence-corrected chi connectivity index (χ0v) is 15.5. The summed E-state index contributed by atoms with van der Waals surface area (Å²) in [6, 6.07) is 5.27. The van der Waals surface area contributed by atoms with Crippen LogP contribution in [0, 0.1) is 0 Å². The van der Waals surface area contributed by atoms with Gasteiger partial charge in [-0.05, 0) is 25.7 Å². The number of phenols is 1. The fourth-order valence-electron chi connectivity index (χ4n) is 2.57. The summed E-state index contributed by atoms with van der Waals surface area (Å²) < 4.78 is 5.83. The molecule has 0 aliphatic carbocycles. The molecule has 23 heavy (non-hydrogen) atoms. The number of unbranched alkanes of at least 4 members (excludes halogenated alkanes) is 6. The summed E-state index contributed by atoms with van der Waals surface area (Å²) in [5.41, 5.74) is 1.05. The molecule has 3 nitrogen and oxygen atoms in total. The highest BCUT2D eigenvalue weighted by molar-refractivity contribution is 8.13. The minimum atomic E-state index is -0.204. The first-order valence-corrected chi connectivity index (χ1v) is 9.86. The predicted molar refractivity (Wildman–Crippen MR) is 98.3 cm³/mol. The van der Waals surface area contributed by atoms with E-state index in [0.29, 0.717) is 17.7 Å². The van der Waals surface area contributed by atoms with Gasteiger partial charge in [0.2, 0.25) is 5.12 Å². The van der Waals surface area contributed by atoms with Crippen molar-refractivity contribution in [3.05, 3.63) is 29.3 Å². The number of carbonyl (C=O) groups excluding carboxylic acids is 1. The molecular weight excluding hydrogens is 308 g/mol. The van der Waals surface area contributed by atoms with Crippen molar-refractivity contribution < 1.29 is 14.6 Å². The van der Waals surface area contributed by atoms with Gasteiger partial charge in [0.15, 0.2) is 0 Å². The van der Waals surface area contributed by atoms with Gasteiger partial charge in [0, 0.05) is 12.2 Å². The van der Waals surface area contributed by atoms with Gasteiger partial charge >= 0.3 is 0 Å². The van der Waals surface area contributed by atoms with Crippen LogP contribution in [0.25, 0.3) is 0 Å². The highest BCUT2D eigenvalue weighted by atomic mass is 32.2. The van der Waals surface area contributed by atoms with Crippen molar-refractivity contribution in [3.8, 4) is 5.75 Å². The van der Waals surface area contributed by atoms with E-state index in [-0.39, 0.29) is 17.0 Å². The molecule has 0 spiro atoms. The van der Waals surface area contributed by atoms with Crippen molar-refractivity contribution in [2.75, 3.05) is 12.9 Å². The number of carbonyl (C=O) groups is 1. The SMILES string of the molecule is CCCCCCCCCO[C@@H](C)c1cccc(C(=O)SC)c1O. The first kappa shape index (κ1) is 20.0. The molecule has 0 fully saturated rings. The van der Waals surface area contributed by atoms with Crippen LogP contribution >= 0.6 is 11.8 Å². The highest BCUT2D eigenvalue weighted by Gasteiger charge is 2.17. The lowest BCUT2D eigenvalue weighted by molar-refractivity contribution is 0.0611. The molecule has 1 atom stereocenters. The molecule has 4 heteroatoms. The van der Waals surface area contributed by atoms with Gasteiger partial charge in [-0.1, -0.05) is 69.3 Å². The number of phenolic OH excluding ortho intramolecular Hbond substituents is 1. The number of hydrogen-bond donors (Lipinski definition) is 1. The number of aromatic hydroxyl groups is 1. The normalized spacial score (nSPS) is 12.3. The maximum Gasteiger partial charge on any atom is 0.222 e. The molecule has 0 unspecified atom stereocenters. The smallest absolute Gasteiger partial charge is 0.222 e. The van der Waals surface area contributed by atoms with Gasteiger partial charge in [0.05, 0.1) is 11.7 Å². The zero-order chi connectivity index (χ0) is 17.1. The Morgan fingerprint density at radius 1 is 1.17 bits per heavy atom. The molecule has 0 aliphatic rings. The van der Waals surface area contributed by atoms with Gasteiger partial charge in [0.1, 0.15) is 5.75 Å². The molecular formula is C19H30O3S. The number of benzene rings is 1. The van der Waals surface area contributed by atoms with Crippen molar-refractivity contribution in [2.45, 2.75) is 64.9 Å². The summed E-state index contributed by atoms with van der Waals surface area (Å²) >= 11 is 1.11. The molecule has 1 rings (SSSR count). The van der Waals surface area contributed by atoms with Crippen LogP contribution in [0.3, 0.4) is 0 Å². The third-order valence-electron chi connectivity index (χ3n) is 4.03. The summed E-state index contributed by atoms with van der Waals surface area (Å²) in [5, 5.41) is 10.1. The number of ether oxygens (including phenoxy) is 1. The maximum atomic E-state index is 11.8. The van der Waals surface area contributed by atoms with E-state index >= 15 is 0 Å². The monoisotopic (exact) mass is 338 g/mol. The molecule has 0 saturated heterocycles. The van der Waals surface area contributed by atoms with E-state index in [0.717, 1.165) is 18.2 Å². The first-order valence-electron chi connectivity index (χ1n) is 8.63. The average molecular weight is 339 g/mol. The molecule has 0 amide bonds. The van der Waals surface area contributed by atoms with Crippen molar-refractivity contribution in [2.24, 2.45) is 0 Å². The second-order valence-corrected chi connectivity index (χ2v) is 6.65. The Labute approximate surface area is 144 Å². The standard InChI is InChI=1S/C19H30O3S/c1-4-5-6-7-8-9-10-14-22-15(2)16-12-11-13-17(18(16)20)19(21)23-3/h11-13,15,20H,4-10,14H2,1-3H3/t15-/m0/s1. The zero-order valence-electron chi connectivity index (χ0n) is 14.6. The van der Waals surface area contributed by atoms with Crippen LogP contribution in [0.4, 0.5) is 0 Å². The Morgan fingerprint density at radius 3 is 2.48 bits per heavy atom. The lowest BCUT2D eigenvalue weighted by Gasteiger charge is -2.16. The Balaban J connectivity index is 2.38. The van der Waals surface area contributed by atoms with E-state index in [9.17, 15) is 9.90 Å². The largest absolute Gasteiger partial charge is 0.507 e. The summed E-state index contributed by atoms with van der Waals surface area (Å²) in [6.07, 6.45) is 10.3. The molecule has 0 aromatic heterocycles. The quantitative estimate of drug-likeness (QED) is 0.524. The maximum absolute atomic E-state index is 11.8. The molecule has 0 bridgehead atoms. The molecule has 0 radical (unpaired) electrons. The summed E-state index contributed by atoms with van der Waals surface area (Å²) in [7, 11) is 0. The highest BCUT2D eigenvalue weighted by Crippen LogP contribution is 2.31. The predicted octanol–water partition coefficient (Wildman–Crippen LogP) is 5.72. The fraction of sp³-hybridized carbons (Fsp3) is 0.632. The number of hydrogen-bond acceptors (Lipinski definition) is 4. The molecule has 1 aromatic carbocycles. The van der Waals surface area contributed by atoms with E-state index < -0.39 is 0 Å². The Bertz CT molecular complexity index is 474. The van der Waals surface area contributed by atoms with Crippen molar-refractivity contribution in [1.29, 1.82) is 0 Å². The summed E-state index contributed by atoms with van der Waals surface area (Å²) in [4.78, 5) is 11.8. The van der Waals surface area contributed by atoms with Crippen LogP contribution in [0.1, 0.15) is 80.8 Å². The van der Waals surface area contributed by atoms with Crippen molar-refractivity contribution in [3.63, 3.8) is 0 Å². The molecule has 1 N–H and O–H groups in total. The van der Waals surface area contributed by atoms with Gasteiger partial charge in [0.25, 0.3) is 0 Å². The van der Waals surface area contributed by atoms with Gasteiger partial charge < -0.3 is 9.84 Å². The van der Waals surface area contributed by atoms with Crippen LogP contribution in [0.5, 0.6) is 5.75 Å². The molecule has 0 aliphatic heterocycles.